The van der Waals surface area contributed by atoms with Crippen molar-refractivity contribution in [3.8, 4) is 0 Å². The standard InChI is InChI=1S/C15H21ClN2O3/c1-15(2,3)21-14(19)18-7-6-12(9-18)20-10-11-4-5-13(16)17-8-11/h4-5,8,12H,6-7,9-10H2,1-3H3/t12-/m1/s1. The quantitative estimate of drug-likeness (QED) is 0.804. The van der Waals surface area contributed by atoms with Gasteiger partial charge in [-0.15, -0.1) is 0 Å². The number of hydrogen-bond donors (Lipinski definition) is 0. The van der Waals surface area contributed by atoms with Crippen LogP contribution in [0, 0.1) is 0 Å². The van der Waals surface area contributed by atoms with Crippen molar-refractivity contribution in [3.05, 3.63) is 29.0 Å². The number of aromatic nitrogens is 1. The fourth-order valence-corrected chi connectivity index (χ4v) is 2.17. The third-order valence-electron chi connectivity index (χ3n) is 3.07. The molecule has 1 saturated heterocycles. The number of halogens is 1. The lowest BCUT2D eigenvalue weighted by atomic mass is 10.2. The predicted octanol–water partition coefficient (Wildman–Crippen LogP) is 3.26. The molecule has 0 bridgehead atoms. The van der Waals surface area contributed by atoms with Crippen molar-refractivity contribution >= 4 is 17.7 Å². The number of amides is 1. The number of pyridine rings is 1. The fraction of sp³-hybridized carbons (Fsp3) is 0.600. The highest BCUT2D eigenvalue weighted by Gasteiger charge is 2.30. The molecule has 21 heavy (non-hydrogen) atoms. The zero-order chi connectivity index (χ0) is 15.5. The van der Waals surface area contributed by atoms with Gasteiger partial charge in [0.1, 0.15) is 10.8 Å². The molecule has 0 spiro atoms. The molecule has 0 saturated carbocycles. The second kappa shape index (κ2) is 6.62. The lowest BCUT2D eigenvalue weighted by Gasteiger charge is -2.24. The Kier molecular flexibility index (Phi) is 5.06. The van der Waals surface area contributed by atoms with E-state index in [2.05, 4.69) is 4.98 Å². The topological polar surface area (TPSA) is 51.7 Å². The van der Waals surface area contributed by atoms with Crippen LogP contribution in [0.15, 0.2) is 18.3 Å². The Morgan fingerprint density at radius 1 is 1.48 bits per heavy atom. The smallest absolute Gasteiger partial charge is 0.410 e. The molecule has 2 rings (SSSR count). The van der Waals surface area contributed by atoms with E-state index < -0.39 is 5.60 Å². The molecule has 1 aliphatic rings. The maximum absolute atomic E-state index is 11.9. The van der Waals surface area contributed by atoms with Gasteiger partial charge in [-0.2, -0.15) is 0 Å². The first-order chi connectivity index (χ1) is 9.83. The third kappa shape index (κ3) is 5.17. The van der Waals surface area contributed by atoms with Crippen molar-refractivity contribution in [2.24, 2.45) is 0 Å². The van der Waals surface area contributed by atoms with Crippen LogP contribution in [-0.4, -0.2) is 40.8 Å². The van der Waals surface area contributed by atoms with Crippen molar-refractivity contribution in [2.45, 2.75) is 45.5 Å². The Morgan fingerprint density at radius 2 is 2.24 bits per heavy atom. The van der Waals surface area contributed by atoms with Gasteiger partial charge in [0.25, 0.3) is 0 Å². The van der Waals surface area contributed by atoms with Crippen LogP contribution in [-0.2, 0) is 16.1 Å². The molecule has 1 fully saturated rings. The third-order valence-corrected chi connectivity index (χ3v) is 3.29. The molecule has 1 aromatic heterocycles. The molecule has 0 aliphatic carbocycles. The summed E-state index contributed by atoms with van der Waals surface area (Å²) in [7, 11) is 0. The summed E-state index contributed by atoms with van der Waals surface area (Å²) in [6.07, 6.45) is 2.28. The number of rotatable bonds is 3. The second-order valence-electron chi connectivity index (χ2n) is 6.14. The highest BCUT2D eigenvalue weighted by molar-refractivity contribution is 6.29. The van der Waals surface area contributed by atoms with Gasteiger partial charge in [-0.25, -0.2) is 9.78 Å². The molecule has 1 atom stereocenters. The number of nitrogens with zero attached hydrogens (tertiary/aromatic N) is 2. The Labute approximate surface area is 130 Å². The van der Waals surface area contributed by atoms with Gasteiger partial charge < -0.3 is 14.4 Å². The van der Waals surface area contributed by atoms with E-state index >= 15 is 0 Å². The van der Waals surface area contributed by atoms with Crippen LogP contribution in [0.5, 0.6) is 0 Å². The lowest BCUT2D eigenvalue weighted by molar-refractivity contribution is 0.0184. The minimum Gasteiger partial charge on any atom is -0.444 e. The van der Waals surface area contributed by atoms with Crippen molar-refractivity contribution in [1.29, 1.82) is 0 Å². The van der Waals surface area contributed by atoms with Gasteiger partial charge in [0.15, 0.2) is 0 Å². The monoisotopic (exact) mass is 312 g/mol. The fourth-order valence-electron chi connectivity index (χ4n) is 2.06. The highest BCUT2D eigenvalue weighted by Crippen LogP contribution is 2.18. The second-order valence-corrected chi connectivity index (χ2v) is 6.52. The largest absolute Gasteiger partial charge is 0.444 e. The summed E-state index contributed by atoms with van der Waals surface area (Å²) in [5, 5.41) is 0.468. The van der Waals surface area contributed by atoms with Crippen molar-refractivity contribution < 1.29 is 14.3 Å². The Morgan fingerprint density at radius 3 is 2.86 bits per heavy atom. The van der Waals surface area contributed by atoms with Gasteiger partial charge in [0.05, 0.1) is 19.3 Å². The van der Waals surface area contributed by atoms with Crippen LogP contribution in [0.3, 0.4) is 0 Å². The zero-order valence-electron chi connectivity index (χ0n) is 12.6. The maximum atomic E-state index is 11.9. The van der Waals surface area contributed by atoms with Crippen LogP contribution < -0.4 is 0 Å². The zero-order valence-corrected chi connectivity index (χ0v) is 13.4. The molecule has 1 aliphatic heterocycles. The van der Waals surface area contributed by atoms with E-state index in [1.165, 1.54) is 0 Å². The molecule has 1 aromatic rings. The minimum atomic E-state index is -0.467. The van der Waals surface area contributed by atoms with E-state index in [0.29, 0.717) is 24.8 Å². The lowest BCUT2D eigenvalue weighted by Crippen LogP contribution is -2.36. The number of carbonyl (C=O) groups is 1. The van der Waals surface area contributed by atoms with E-state index in [-0.39, 0.29) is 12.2 Å². The summed E-state index contributed by atoms with van der Waals surface area (Å²) >= 11 is 5.74. The van der Waals surface area contributed by atoms with E-state index in [4.69, 9.17) is 21.1 Å². The van der Waals surface area contributed by atoms with Crippen LogP contribution in [0.4, 0.5) is 4.79 Å². The SMILES string of the molecule is CC(C)(C)OC(=O)N1CC[C@@H](OCc2ccc(Cl)nc2)C1. The first-order valence-electron chi connectivity index (χ1n) is 7.03. The molecular weight excluding hydrogens is 292 g/mol. The Balaban J connectivity index is 1.77. The van der Waals surface area contributed by atoms with Crippen molar-refractivity contribution in [3.63, 3.8) is 0 Å². The van der Waals surface area contributed by atoms with Crippen molar-refractivity contribution in [1.82, 2.24) is 9.88 Å². The summed E-state index contributed by atoms with van der Waals surface area (Å²) in [6, 6.07) is 3.62. The number of ether oxygens (including phenoxy) is 2. The van der Waals surface area contributed by atoms with E-state index in [1.807, 2.05) is 26.8 Å². The van der Waals surface area contributed by atoms with Crippen LogP contribution in [0.1, 0.15) is 32.8 Å². The maximum Gasteiger partial charge on any atom is 0.410 e. The van der Waals surface area contributed by atoms with E-state index in [9.17, 15) is 4.79 Å². The number of hydrogen-bond acceptors (Lipinski definition) is 4. The van der Waals surface area contributed by atoms with Gasteiger partial charge in [-0.05, 0) is 38.8 Å². The molecule has 116 valence electrons. The van der Waals surface area contributed by atoms with Crippen molar-refractivity contribution in [2.75, 3.05) is 13.1 Å². The van der Waals surface area contributed by atoms with E-state index in [1.54, 1.807) is 17.2 Å². The van der Waals surface area contributed by atoms with Gasteiger partial charge in [0, 0.05) is 12.7 Å². The Bertz CT molecular complexity index is 485. The molecular formula is C15H21ClN2O3. The molecule has 0 unspecified atom stereocenters. The first-order valence-corrected chi connectivity index (χ1v) is 7.41. The normalized spacial score (nSPS) is 18.9. The summed E-state index contributed by atoms with van der Waals surface area (Å²) in [4.78, 5) is 17.6. The molecule has 0 N–H and O–H groups in total. The predicted molar refractivity (Wildman–Crippen MR) is 80.2 cm³/mol. The summed E-state index contributed by atoms with van der Waals surface area (Å²) < 4.78 is 11.2. The summed E-state index contributed by atoms with van der Waals surface area (Å²) in [6.45, 7) is 7.29. The Hall–Kier alpha value is -1.33. The first kappa shape index (κ1) is 16.0. The number of likely N-dealkylation sites (tertiary alicyclic amines) is 1. The summed E-state index contributed by atoms with van der Waals surface area (Å²) in [5.74, 6) is 0. The van der Waals surface area contributed by atoms with Gasteiger partial charge in [0.2, 0.25) is 0 Å². The van der Waals surface area contributed by atoms with Crippen LogP contribution in [0.25, 0.3) is 0 Å². The van der Waals surface area contributed by atoms with Crippen LogP contribution in [0.2, 0.25) is 5.15 Å². The molecule has 2 heterocycles. The number of carbonyl (C=O) groups excluding carboxylic acids is 1. The van der Waals surface area contributed by atoms with E-state index in [0.717, 1.165) is 12.0 Å². The average Bonchev–Trinajstić information content (AvgIpc) is 2.85. The van der Waals surface area contributed by atoms with Gasteiger partial charge >= 0.3 is 6.09 Å². The molecule has 0 radical (unpaired) electrons. The molecule has 0 aromatic carbocycles. The van der Waals surface area contributed by atoms with Gasteiger partial charge in [-0.3, -0.25) is 0 Å². The van der Waals surface area contributed by atoms with Crippen LogP contribution >= 0.6 is 11.6 Å². The highest BCUT2D eigenvalue weighted by atomic mass is 35.5. The van der Waals surface area contributed by atoms with Gasteiger partial charge in [-0.1, -0.05) is 17.7 Å². The average molecular weight is 313 g/mol. The molecule has 6 heteroatoms. The molecule has 1 amide bonds. The summed E-state index contributed by atoms with van der Waals surface area (Å²) in [5.41, 5.74) is 0.500. The minimum absolute atomic E-state index is 0.0354. The molecule has 5 nitrogen and oxygen atoms in total.